The van der Waals surface area contributed by atoms with Gasteiger partial charge in [0.25, 0.3) is 0 Å². The lowest BCUT2D eigenvalue weighted by Crippen LogP contribution is -2.49. The number of carbonyl (C=O) groups is 1. The number of hydrogen-bond acceptors (Lipinski definition) is 3. The van der Waals surface area contributed by atoms with E-state index in [1.165, 1.54) is 12.8 Å². The van der Waals surface area contributed by atoms with Gasteiger partial charge in [0.15, 0.2) is 0 Å². The van der Waals surface area contributed by atoms with Crippen molar-refractivity contribution in [3.8, 4) is 0 Å². The van der Waals surface area contributed by atoms with E-state index >= 15 is 0 Å². The zero-order chi connectivity index (χ0) is 10.5. The first-order chi connectivity index (χ1) is 7.38. The van der Waals surface area contributed by atoms with Crippen LogP contribution in [0.5, 0.6) is 0 Å². The minimum atomic E-state index is 0.0665. The molecule has 1 atom stereocenters. The summed E-state index contributed by atoms with van der Waals surface area (Å²) in [4.78, 5) is 14.1. The molecule has 0 saturated carbocycles. The summed E-state index contributed by atoms with van der Waals surface area (Å²) in [6.07, 6.45) is 4.34. The third kappa shape index (κ3) is 2.92. The molecule has 1 N–H and O–H groups in total. The highest BCUT2D eigenvalue weighted by Gasteiger charge is 2.25. The summed E-state index contributed by atoms with van der Waals surface area (Å²) in [5.74, 6) is 0.278. The van der Waals surface area contributed by atoms with Crippen LogP contribution in [-0.2, 0) is 9.53 Å². The number of carbonyl (C=O) groups excluding carboxylic acids is 1. The van der Waals surface area contributed by atoms with Gasteiger partial charge in [0, 0.05) is 19.7 Å². The highest BCUT2D eigenvalue weighted by molar-refractivity contribution is 5.82. The van der Waals surface area contributed by atoms with E-state index in [0.29, 0.717) is 6.61 Å². The molecule has 15 heavy (non-hydrogen) atoms. The topological polar surface area (TPSA) is 41.6 Å². The van der Waals surface area contributed by atoms with Gasteiger partial charge >= 0.3 is 0 Å². The fourth-order valence-electron chi connectivity index (χ4n) is 2.25. The molecule has 1 amide bonds. The highest BCUT2D eigenvalue weighted by Crippen LogP contribution is 2.11. The van der Waals surface area contributed by atoms with Crippen LogP contribution in [0.2, 0.25) is 0 Å². The SMILES string of the molecule is O=C([C@H]1CCCCN1)N1CCCOCC1. The second kappa shape index (κ2) is 5.47. The fourth-order valence-corrected chi connectivity index (χ4v) is 2.25. The second-order valence-corrected chi connectivity index (χ2v) is 4.29. The molecule has 0 spiro atoms. The molecule has 0 aromatic carbocycles. The van der Waals surface area contributed by atoms with Gasteiger partial charge in [-0.3, -0.25) is 4.79 Å². The van der Waals surface area contributed by atoms with Crippen molar-refractivity contribution >= 4 is 5.91 Å². The summed E-state index contributed by atoms with van der Waals surface area (Å²) in [6, 6.07) is 0.0665. The van der Waals surface area contributed by atoms with E-state index < -0.39 is 0 Å². The van der Waals surface area contributed by atoms with Crippen LogP contribution in [0, 0.1) is 0 Å². The predicted molar refractivity (Wildman–Crippen MR) is 57.7 cm³/mol. The normalized spacial score (nSPS) is 28.5. The summed E-state index contributed by atoms with van der Waals surface area (Å²) in [5, 5.41) is 3.30. The molecule has 2 saturated heterocycles. The Morgan fingerprint density at radius 3 is 2.93 bits per heavy atom. The Kier molecular flexibility index (Phi) is 3.97. The third-order valence-corrected chi connectivity index (χ3v) is 3.14. The fraction of sp³-hybridized carbons (Fsp3) is 0.909. The van der Waals surface area contributed by atoms with Crippen molar-refractivity contribution in [3.63, 3.8) is 0 Å². The molecule has 2 heterocycles. The van der Waals surface area contributed by atoms with Gasteiger partial charge in [-0.15, -0.1) is 0 Å². The van der Waals surface area contributed by atoms with Gasteiger partial charge in [0.05, 0.1) is 12.6 Å². The Morgan fingerprint density at radius 1 is 1.20 bits per heavy atom. The number of rotatable bonds is 1. The van der Waals surface area contributed by atoms with Gasteiger partial charge in [0.2, 0.25) is 5.91 Å². The molecule has 4 heteroatoms. The standard InChI is InChI=1S/C11H20N2O2/c14-11(10-4-1-2-5-12-10)13-6-3-8-15-9-7-13/h10,12H,1-9H2/t10-/m1/s1. The maximum Gasteiger partial charge on any atom is 0.239 e. The average molecular weight is 212 g/mol. The number of amides is 1. The van der Waals surface area contributed by atoms with Crippen LogP contribution >= 0.6 is 0 Å². The number of piperidine rings is 1. The predicted octanol–water partition coefficient (Wildman–Crippen LogP) is 0.377. The Labute approximate surface area is 91.0 Å². The van der Waals surface area contributed by atoms with Crippen molar-refractivity contribution in [1.82, 2.24) is 10.2 Å². The quantitative estimate of drug-likeness (QED) is 0.683. The molecule has 2 aliphatic heterocycles. The third-order valence-electron chi connectivity index (χ3n) is 3.14. The molecular formula is C11H20N2O2. The van der Waals surface area contributed by atoms with Gasteiger partial charge < -0.3 is 15.0 Å². The van der Waals surface area contributed by atoms with E-state index in [-0.39, 0.29) is 11.9 Å². The summed E-state index contributed by atoms with van der Waals surface area (Å²) >= 11 is 0. The van der Waals surface area contributed by atoms with E-state index in [1.807, 2.05) is 4.90 Å². The van der Waals surface area contributed by atoms with Crippen LogP contribution in [0.15, 0.2) is 0 Å². The maximum atomic E-state index is 12.1. The molecule has 4 nitrogen and oxygen atoms in total. The van der Waals surface area contributed by atoms with Crippen molar-refractivity contribution in [2.24, 2.45) is 0 Å². The van der Waals surface area contributed by atoms with Gasteiger partial charge in [0.1, 0.15) is 0 Å². The number of hydrogen-bond donors (Lipinski definition) is 1. The summed E-state index contributed by atoms with van der Waals surface area (Å²) in [7, 11) is 0. The van der Waals surface area contributed by atoms with Crippen LogP contribution in [0.3, 0.4) is 0 Å². The number of nitrogens with zero attached hydrogens (tertiary/aromatic N) is 1. The van der Waals surface area contributed by atoms with Gasteiger partial charge in [-0.05, 0) is 25.8 Å². The summed E-state index contributed by atoms with van der Waals surface area (Å²) in [6.45, 7) is 4.09. The van der Waals surface area contributed by atoms with Crippen molar-refractivity contribution in [2.75, 3.05) is 32.8 Å². The molecule has 0 aromatic heterocycles. The molecule has 0 bridgehead atoms. The highest BCUT2D eigenvalue weighted by atomic mass is 16.5. The zero-order valence-corrected chi connectivity index (χ0v) is 9.21. The lowest BCUT2D eigenvalue weighted by atomic mass is 10.0. The van der Waals surface area contributed by atoms with Crippen LogP contribution in [0.4, 0.5) is 0 Å². The summed E-state index contributed by atoms with van der Waals surface area (Å²) < 4.78 is 5.35. The molecule has 2 rings (SSSR count). The maximum absolute atomic E-state index is 12.1. The van der Waals surface area contributed by atoms with Crippen molar-refractivity contribution < 1.29 is 9.53 Å². The van der Waals surface area contributed by atoms with E-state index in [1.54, 1.807) is 0 Å². The molecule has 0 unspecified atom stereocenters. The second-order valence-electron chi connectivity index (χ2n) is 4.29. The van der Waals surface area contributed by atoms with Crippen molar-refractivity contribution in [3.05, 3.63) is 0 Å². The molecule has 86 valence electrons. The first-order valence-electron chi connectivity index (χ1n) is 5.98. The molecular weight excluding hydrogens is 192 g/mol. The Balaban J connectivity index is 1.87. The Hall–Kier alpha value is -0.610. The molecule has 2 aliphatic rings. The van der Waals surface area contributed by atoms with E-state index in [2.05, 4.69) is 5.32 Å². The Bertz CT molecular complexity index is 207. The van der Waals surface area contributed by atoms with E-state index in [4.69, 9.17) is 4.74 Å². The molecule has 0 aliphatic carbocycles. The minimum absolute atomic E-state index is 0.0665. The van der Waals surface area contributed by atoms with E-state index in [9.17, 15) is 4.79 Å². The zero-order valence-electron chi connectivity index (χ0n) is 9.21. The van der Waals surface area contributed by atoms with Crippen molar-refractivity contribution in [1.29, 1.82) is 0 Å². The Morgan fingerprint density at radius 2 is 2.13 bits per heavy atom. The first kappa shape index (κ1) is 10.9. The van der Waals surface area contributed by atoms with Crippen LogP contribution in [0.1, 0.15) is 25.7 Å². The number of nitrogens with one attached hydrogen (secondary N) is 1. The van der Waals surface area contributed by atoms with Gasteiger partial charge in [-0.25, -0.2) is 0 Å². The lowest BCUT2D eigenvalue weighted by molar-refractivity contribution is -0.134. The number of ether oxygens (including phenoxy) is 1. The average Bonchev–Trinajstić information content (AvgIpc) is 2.58. The monoisotopic (exact) mass is 212 g/mol. The largest absolute Gasteiger partial charge is 0.380 e. The first-order valence-corrected chi connectivity index (χ1v) is 5.98. The molecule has 2 fully saturated rings. The van der Waals surface area contributed by atoms with Gasteiger partial charge in [-0.2, -0.15) is 0 Å². The molecule has 0 aromatic rings. The molecule has 0 radical (unpaired) electrons. The van der Waals surface area contributed by atoms with Crippen LogP contribution in [0.25, 0.3) is 0 Å². The van der Waals surface area contributed by atoms with Crippen LogP contribution in [-0.4, -0.2) is 49.7 Å². The van der Waals surface area contributed by atoms with E-state index in [0.717, 1.165) is 39.1 Å². The van der Waals surface area contributed by atoms with Crippen molar-refractivity contribution in [2.45, 2.75) is 31.7 Å². The smallest absolute Gasteiger partial charge is 0.239 e. The lowest BCUT2D eigenvalue weighted by Gasteiger charge is -2.28. The summed E-state index contributed by atoms with van der Waals surface area (Å²) in [5.41, 5.74) is 0. The van der Waals surface area contributed by atoms with Crippen LogP contribution < -0.4 is 5.32 Å². The van der Waals surface area contributed by atoms with Gasteiger partial charge in [-0.1, -0.05) is 6.42 Å². The minimum Gasteiger partial charge on any atom is -0.380 e.